The average Bonchev–Trinajstić information content (AvgIpc) is 2.60. The number of amides is 1. The third-order valence-electron chi connectivity index (χ3n) is 4.31. The fourth-order valence-electron chi connectivity index (χ4n) is 2.78. The van der Waals surface area contributed by atoms with Crippen molar-refractivity contribution in [1.29, 1.82) is 0 Å². The molecule has 7 heteroatoms. The second kappa shape index (κ2) is 6.93. The summed E-state index contributed by atoms with van der Waals surface area (Å²) in [5, 5.41) is -1.20. The van der Waals surface area contributed by atoms with E-state index in [9.17, 15) is 17.6 Å². The third kappa shape index (κ3) is 3.72. The molecule has 2 aromatic carbocycles. The van der Waals surface area contributed by atoms with E-state index in [4.69, 9.17) is 4.74 Å². The van der Waals surface area contributed by atoms with Gasteiger partial charge in [-0.1, -0.05) is 42.5 Å². The second-order valence-electron chi connectivity index (χ2n) is 5.95. The minimum absolute atomic E-state index is 0.0118. The molecule has 0 aromatic heterocycles. The van der Waals surface area contributed by atoms with E-state index < -0.39 is 33.1 Å². The monoisotopic (exact) mass is 363 g/mol. The molecule has 3 rings (SSSR count). The molecule has 132 valence electrons. The zero-order valence-corrected chi connectivity index (χ0v) is 14.4. The summed E-state index contributed by atoms with van der Waals surface area (Å²) in [4.78, 5) is 12.3. The quantitative estimate of drug-likeness (QED) is 0.906. The molecule has 1 aliphatic rings. The highest BCUT2D eigenvalue weighted by Gasteiger charge is 2.32. The van der Waals surface area contributed by atoms with Crippen molar-refractivity contribution in [2.75, 3.05) is 0 Å². The molecule has 0 saturated heterocycles. The van der Waals surface area contributed by atoms with Crippen LogP contribution in [0.25, 0.3) is 0 Å². The molecular formula is C18H18FNO4S. The SMILES string of the molecule is CC(c1ccccc1F)S(=O)(=O)NC(=O)C1Cc2ccccc2CO1. The summed E-state index contributed by atoms with van der Waals surface area (Å²) >= 11 is 0. The number of halogens is 1. The van der Waals surface area contributed by atoms with Crippen LogP contribution in [0, 0.1) is 5.82 Å². The number of sulfonamides is 1. The first-order valence-electron chi connectivity index (χ1n) is 7.87. The van der Waals surface area contributed by atoms with Gasteiger partial charge in [-0.3, -0.25) is 9.52 Å². The number of carbonyl (C=O) groups is 1. The van der Waals surface area contributed by atoms with Crippen LogP contribution in [0.15, 0.2) is 48.5 Å². The van der Waals surface area contributed by atoms with E-state index in [0.29, 0.717) is 6.42 Å². The highest BCUT2D eigenvalue weighted by molar-refractivity contribution is 7.90. The highest BCUT2D eigenvalue weighted by Crippen LogP contribution is 2.25. The van der Waals surface area contributed by atoms with Gasteiger partial charge < -0.3 is 4.74 Å². The number of fused-ring (bicyclic) bond motifs is 1. The number of hydrogen-bond acceptors (Lipinski definition) is 4. The molecule has 2 atom stereocenters. The summed E-state index contributed by atoms with van der Waals surface area (Å²) in [6.07, 6.45) is -0.594. The van der Waals surface area contributed by atoms with Crippen molar-refractivity contribution in [3.63, 3.8) is 0 Å². The molecule has 25 heavy (non-hydrogen) atoms. The van der Waals surface area contributed by atoms with Crippen LogP contribution < -0.4 is 4.72 Å². The minimum atomic E-state index is -4.08. The number of benzene rings is 2. The Morgan fingerprint density at radius 2 is 1.80 bits per heavy atom. The molecule has 0 aliphatic carbocycles. The van der Waals surface area contributed by atoms with Crippen molar-refractivity contribution in [3.05, 3.63) is 71.0 Å². The Morgan fingerprint density at radius 1 is 1.16 bits per heavy atom. The number of hydrogen-bond donors (Lipinski definition) is 1. The molecule has 0 radical (unpaired) electrons. The van der Waals surface area contributed by atoms with Crippen molar-refractivity contribution >= 4 is 15.9 Å². The lowest BCUT2D eigenvalue weighted by molar-refractivity contribution is -0.132. The molecule has 0 spiro atoms. The van der Waals surface area contributed by atoms with Crippen molar-refractivity contribution < 1.29 is 22.3 Å². The molecule has 1 N–H and O–H groups in total. The fraction of sp³-hybridized carbons (Fsp3) is 0.278. The van der Waals surface area contributed by atoms with Crippen LogP contribution in [0.2, 0.25) is 0 Å². The van der Waals surface area contributed by atoms with E-state index in [-0.39, 0.29) is 12.2 Å². The summed E-state index contributed by atoms with van der Waals surface area (Å²) in [6.45, 7) is 1.59. The van der Waals surface area contributed by atoms with E-state index in [1.54, 1.807) is 6.07 Å². The van der Waals surface area contributed by atoms with E-state index in [2.05, 4.69) is 0 Å². The van der Waals surface area contributed by atoms with Gasteiger partial charge in [0.05, 0.1) is 6.61 Å². The molecule has 1 amide bonds. The standard InChI is InChI=1S/C18H18FNO4S/c1-12(15-8-4-5-9-16(15)19)25(22,23)20-18(21)17-10-13-6-2-3-7-14(13)11-24-17/h2-9,12,17H,10-11H2,1H3,(H,20,21). The lowest BCUT2D eigenvalue weighted by Gasteiger charge is -2.25. The van der Waals surface area contributed by atoms with Gasteiger partial charge in [-0.25, -0.2) is 12.8 Å². The molecule has 5 nitrogen and oxygen atoms in total. The third-order valence-corrected chi connectivity index (χ3v) is 5.98. The number of nitrogens with one attached hydrogen (secondary N) is 1. The van der Waals surface area contributed by atoms with Gasteiger partial charge in [0.2, 0.25) is 10.0 Å². The van der Waals surface area contributed by atoms with Gasteiger partial charge in [0, 0.05) is 12.0 Å². The highest BCUT2D eigenvalue weighted by atomic mass is 32.2. The van der Waals surface area contributed by atoms with E-state index in [0.717, 1.165) is 11.1 Å². The predicted molar refractivity (Wildman–Crippen MR) is 90.6 cm³/mol. The smallest absolute Gasteiger partial charge is 0.262 e. The average molecular weight is 363 g/mol. The van der Waals surface area contributed by atoms with E-state index >= 15 is 0 Å². The number of carbonyl (C=O) groups excluding carboxylic acids is 1. The molecule has 0 bridgehead atoms. The summed E-state index contributed by atoms with van der Waals surface area (Å²) < 4.78 is 46.2. The van der Waals surface area contributed by atoms with Crippen LogP contribution >= 0.6 is 0 Å². The van der Waals surface area contributed by atoms with Gasteiger partial charge in [-0.2, -0.15) is 0 Å². The summed E-state index contributed by atoms with van der Waals surface area (Å²) in [5.41, 5.74) is 1.94. The van der Waals surface area contributed by atoms with Crippen LogP contribution in [-0.2, 0) is 32.6 Å². The maximum absolute atomic E-state index is 13.8. The zero-order chi connectivity index (χ0) is 18.0. The maximum Gasteiger partial charge on any atom is 0.262 e. The van der Waals surface area contributed by atoms with Gasteiger partial charge in [0.1, 0.15) is 17.2 Å². The first kappa shape index (κ1) is 17.6. The Bertz CT molecular complexity index is 897. The normalized spacial score (nSPS) is 18.2. The van der Waals surface area contributed by atoms with Crippen molar-refractivity contribution in [1.82, 2.24) is 4.72 Å². The minimum Gasteiger partial charge on any atom is -0.363 e. The van der Waals surface area contributed by atoms with Gasteiger partial charge in [-0.05, 0) is 24.1 Å². The molecule has 2 unspecified atom stereocenters. The zero-order valence-electron chi connectivity index (χ0n) is 13.6. The lowest BCUT2D eigenvalue weighted by atomic mass is 9.99. The molecule has 1 aliphatic heterocycles. The Morgan fingerprint density at radius 3 is 2.52 bits per heavy atom. The van der Waals surface area contributed by atoms with Gasteiger partial charge >= 0.3 is 0 Å². The number of rotatable bonds is 4. The molecule has 0 fully saturated rings. The van der Waals surface area contributed by atoms with Crippen LogP contribution in [0.3, 0.4) is 0 Å². The van der Waals surface area contributed by atoms with E-state index in [1.807, 2.05) is 29.0 Å². The predicted octanol–water partition coefficient (Wildman–Crippen LogP) is 2.47. The Labute approximate surface area is 145 Å². The van der Waals surface area contributed by atoms with Crippen molar-refractivity contribution in [2.45, 2.75) is 31.3 Å². The van der Waals surface area contributed by atoms with Gasteiger partial charge in [0.15, 0.2) is 0 Å². The van der Waals surface area contributed by atoms with E-state index in [1.165, 1.54) is 25.1 Å². The summed E-state index contributed by atoms with van der Waals surface area (Å²) in [5.74, 6) is -1.37. The Kier molecular flexibility index (Phi) is 4.87. The maximum atomic E-state index is 13.8. The topological polar surface area (TPSA) is 72.5 Å². The summed E-state index contributed by atoms with van der Waals surface area (Å²) in [7, 11) is -4.08. The van der Waals surface area contributed by atoms with Gasteiger partial charge in [-0.15, -0.1) is 0 Å². The Hall–Kier alpha value is -2.25. The summed E-state index contributed by atoms with van der Waals surface area (Å²) in [6, 6.07) is 13.1. The lowest BCUT2D eigenvalue weighted by Crippen LogP contribution is -2.43. The van der Waals surface area contributed by atoms with Crippen LogP contribution in [0.1, 0.15) is 28.9 Å². The van der Waals surface area contributed by atoms with Crippen LogP contribution in [0.5, 0.6) is 0 Å². The number of ether oxygens (including phenoxy) is 1. The Balaban J connectivity index is 1.73. The molecule has 0 saturated carbocycles. The van der Waals surface area contributed by atoms with Crippen molar-refractivity contribution in [3.8, 4) is 0 Å². The first-order chi connectivity index (χ1) is 11.9. The second-order valence-corrected chi connectivity index (χ2v) is 7.95. The fourth-order valence-corrected chi connectivity index (χ4v) is 3.90. The molecule has 2 aromatic rings. The van der Waals surface area contributed by atoms with Crippen molar-refractivity contribution in [2.24, 2.45) is 0 Å². The molecular weight excluding hydrogens is 345 g/mol. The molecule has 1 heterocycles. The first-order valence-corrected chi connectivity index (χ1v) is 9.41. The largest absolute Gasteiger partial charge is 0.363 e. The van der Waals surface area contributed by atoms with Crippen LogP contribution in [-0.4, -0.2) is 20.4 Å². The van der Waals surface area contributed by atoms with Gasteiger partial charge in [0.25, 0.3) is 5.91 Å². The van der Waals surface area contributed by atoms with Crippen LogP contribution in [0.4, 0.5) is 4.39 Å².